The van der Waals surface area contributed by atoms with Crippen LogP contribution in [0.15, 0.2) is 40.5 Å². The molecule has 17 heavy (non-hydrogen) atoms. The van der Waals surface area contributed by atoms with Crippen molar-refractivity contribution < 1.29 is 0 Å². The van der Waals surface area contributed by atoms with E-state index in [9.17, 15) is 0 Å². The zero-order chi connectivity index (χ0) is 12.3. The van der Waals surface area contributed by atoms with Gasteiger partial charge in [-0.1, -0.05) is 29.5 Å². The minimum absolute atomic E-state index is 0.373. The van der Waals surface area contributed by atoms with Crippen LogP contribution in [0, 0.1) is 25.2 Å². The van der Waals surface area contributed by atoms with Gasteiger partial charge in [0.2, 0.25) is 0 Å². The fraction of sp³-hybridized carbons (Fsp3) is 0.154. The number of rotatable bonds is 2. The highest BCUT2D eigenvalue weighted by Gasteiger charge is 2.08. The number of aromatic nitrogens is 2. The van der Waals surface area contributed by atoms with Crippen LogP contribution in [0.3, 0.4) is 0 Å². The minimum Gasteiger partial charge on any atom is -0.245 e. The van der Waals surface area contributed by atoms with Gasteiger partial charge in [-0.15, -0.1) is 0 Å². The van der Waals surface area contributed by atoms with Crippen molar-refractivity contribution in [3.8, 4) is 6.07 Å². The lowest BCUT2D eigenvalue weighted by Crippen LogP contribution is -1.90. The summed E-state index contributed by atoms with van der Waals surface area (Å²) in [6, 6.07) is 8.27. The molecule has 1 aromatic heterocycles. The normalized spacial score (nSPS) is 9.94. The van der Waals surface area contributed by atoms with Crippen LogP contribution < -0.4 is 0 Å². The predicted octanol–water partition coefficient (Wildman–Crippen LogP) is 3.12. The molecular weight excluding hydrogens is 230 g/mol. The van der Waals surface area contributed by atoms with Crippen molar-refractivity contribution in [1.29, 1.82) is 5.26 Å². The van der Waals surface area contributed by atoms with Gasteiger partial charge >= 0.3 is 0 Å². The molecule has 0 unspecified atom stereocenters. The zero-order valence-electron chi connectivity index (χ0n) is 9.64. The van der Waals surface area contributed by atoms with E-state index in [1.807, 2.05) is 6.07 Å². The second-order valence-electron chi connectivity index (χ2n) is 3.69. The molecule has 0 atom stereocenters. The third-order valence-corrected chi connectivity index (χ3v) is 3.48. The van der Waals surface area contributed by atoms with E-state index in [1.165, 1.54) is 29.1 Å². The Balaban J connectivity index is 2.35. The highest BCUT2D eigenvalue weighted by molar-refractivity contribution is 7.99. The molecule has 0 aliphatic rings. The summed E-state index contributed by atoms with van der Waals surface area (Å²) in [6.07, 6.45) is 3.14. The first-order chi connectivity index (χ1) is 8.20. The van der Waals surface area contributed by atoms with Crippen molar-refractivity contribution in [3.63, 3.8) is 0 Å². The lowest BCUT2D eigenvalue weighted by atomic mass is 10.2. The number of nitriles is 1. The van der Waals surface area contributed by atoms with Crippen molar-refractivity contribution in [1.82, 2.24) is 9.97 Å². The summed E-state index contributed by atoms with van der Waals surface area (Å²) in [7, 11) is 0. The van der Waals surface area contributed by atoms with Gasteiger partial charge in [0.05, 0.1) is 0 Å². The van der Waals surface area contributed by atoms with Crippen molar-refractivity contribution in [2.45, 2.75) is 23.8 Å². The zero-order valence-corrected chi connectivity index (χ0v) is 10.5. The molecule has 2 aromatic rings. The average molecular weight is 241 g/mol. The standard InChI is InChI=1S/C13H11N3S/c1-9-3-4-12(10(2)7-9)17-13-11(8-14)15-5-6-16-13/h3-7H,1-2H3. The van der Waals surface area contributed by atoms with Crippen molar-refractivity contribution in [3.05, 3.63) is 47.4 Å². The summed E-state index contributed by atoms with van der Waals surface area (Å²) in [5, 5.41) is 9.60. The van der Waals surface area contributed by atoms with E-state index >= 15 is 0 Å². The van der Waals surface area contributed by atoms with Crippen LogP contribution in [0.2, 0.25) is 0 Å². The van der Waals surface area contributed by atoms with Gasteiger partial charge in [-0.3, -0.25) is 0 Å². The van der Waals surface area contributed by atoms with Gasteiger partial charge in [0, 0.05) is 17.3 Å². The van der Waals surface area contributed by atoms with E-state index in [-0.39, 0.29) is 0 Å². The van der Waals surface area contributed by atoms with Crippen LogP contribution in [-0.2, 0) is 0 Å². The van der Waals surface area contributed by atoms with Crippen molar-refractivity contribution >= 4 is 11.8 Å². The molecule has 0 N–H and O–H groups in total. The Kier molecular flexibility index (Phi) is 3.40. The molecule has 0 fully saturated rings. The number of nitrogens with zero attached hydrogens (tertiary/aromatic N) is 3. The molecule has 0 aliphatic heterocycles. The maximum Gasteiger partial charge on any atom is 0.173 e. The van der Waals surface area contributed by atoms with Crippen LogP contribution in [-0.4, -0.2) is 9.97 Å². The first kappa shape index (κ1) is 11.6. The first-order valence-electron chi connectivity index (χ1n) is 5.17. The SMILES string of the molecule is Cc1ccc(Sc2nccnc2C#N)c(C)c1. The average Bonchev–Trinajstić information content (AvgIpc) is 2.33. The van der Waals surface area contributed by atoms with E-state index in [2.05, 4.69) is 42.0 Å². The quantitative estimate of drug-likeness (QED) is 0.810. The van der Waals surface area contributed by atoms with Gasteiger partial charge in [-0.05, 0) is 25.5 Å². The lowest BCUT2D eigenvalue weighted by molar-refractivity contribution is 1.02. The van der Waals surface area contributed by atoms with E-state index in [0.29, 0.717) is 10.7 Å². The third-order valence-electron chi connectivity index (χ3n) is 2.31. The molecule has 84 valence electrons. The predicted molar refractivity (Wildman–Crippen MR) is 66.8 cm³/mol. The molecule has 3 nitrogen and oxygen atoms in total. The third kappa shape index (κ3) is 2.63. The summed E-state index contributed by atoms with van der Waals surface area (Å²) >= 11 is 1.48. The lowest BCUT2D eigenvalue weighted by Gasteiger charge is -2.06. The minimum atomic E-state index is 0.373. The summed E-state index contributed by atoms with van der Waals surface area (Å²) in [4.78, 5) is 9.29. The van der Waals surface area contributed by atoms with Gasteiger partial charge in [0.15, 0.2) is 5.69 Å². The number of aryl methyl sites for hydroxylation is 2. The van der Waals surface area contributed by atoms with Crippen LogP contribution >= 0.6 is 11.8 Å². The summed E-state index contributed by atoms with van der Waals surface area (Å²) in [5.41, 5.74) is 2.79. The molecule has 0 saturated heterocycles. The molecule has 0 radical (unpaired) electrons. The maximum absolute atomic E-state index is 8.94. The first-order valence-corrected chi connectivity index (χ1v) is 5.98. The van der Waals surface area contributed by atoms with E-state index in [0.717, 1.165) is 4.90 Å². The second-order valence-corrected chi connectivity index (χ2v) is 4.72. The van der Waals surface area contributed by atoms with E-state index < -0.39 is 0 Å². The smallest absolute Gasteiger partial charge is 0.173 e. The molecule has 0 spiro atoms. The van der Waals surface area contributed by atoms with Crippen molar-refractivity contribution in [2.24, 2.45) is 0 Å². The number of benzene rings is 1. The Hall–Kier alpha value is -1.86. The fourth-order valence-corrected chi connectivity index (χ4v) is 2.37. The molecule has 0 aliphatic carbocycles. The Labute approximate surface area is 105 Å². The van der Waals surface area contributed by atoms with Gasteiger partial charge in [-0.25, -0.2) is 9.97 Å². The molecule has 1 aromatic carbocycles. The van der Waals surface area contributed by atoms with E-state index in [1.54, 1.807) is 6.20 Å². The van der Waals surface area contributed by atoms with Gasteiger partial charge in [0.25, 0.3) is 0 Å². The summed E-state index contributed by atoms with van der Waals surface area (Å²) < 4.78 is 0. The molecule has 0 bridgehead atoms. The topological polar surface area (TPSA) is 49.6 Å². The largest absolute Gasteiger partial charge is 0.245 e. The highest BCUT2D eigenvalue weighted by atomic mass is 32.2. The monoisotopic (exact) mass is 241 g/mol. The molecule has 2 rings (SSSR count). The Morgan fingerprint density at radius 3 is 2.65 bits per heavy atom. The Morgan fingerprint density at radius 1 is 1.18 bits per heavy atom. The van der Waals surface area contributed by atoms with Crippen LogP contribution in [0.25, 0.3) is 0 Å². The molecule has 1 heterocycles. The fourth-order valence-electron chi connectivity index (χ4n) is 1.49. The van der Waals surface area contributed by atoms with Crippen LogP contribution in [0.1, 0.15) is 16.8 Å². The Bertz CT molecular complexity index is 587. The highest BCUT2D eigenvalue weighted by Crippen LogP contribution is 2.30. The number of hydrogen-bond donors (Lipinski definition) is 0. The van der Waals surface area contributed by atoms with E-state index in [4.69, 9.17) is 5.26 Å². The second kappa shape index (κ2) is 4.98. The maximum atomic E-state index is 8.94. The van der Waals surface area contributed by atoms with Gasteiger partial charge < -0.3 is 0 Å². The van der Waals surface area contributed by atoms with Gasteiger partial charge in [0.1, 0.15) is 11.1 Å². The van der Waals surface area contributed by atoms with Gasteiger partial charge in [-0.2, -0.15) is 5.26 Å². The molecular formula is C13H11N3S. The summed E-state index contributed by atoms with van der Waals surface area (Å²) in [6.45, 7) is 4.11. The van der Waals surface area contributed by atoms with Crippen molar-refractivity contribution in [2.75, 3.05) is 0 Å². The summed E-state index contributed by atoms with van der Waals surface area (Å²) in [5.74, 6) is 0. The molecule has 4 heteroatoms. The molecule has 0 saturated carbocycles. The van der Waals surface area contributed by atoms with Crippen LogP contribution in [0.5, 0.6) is 0 Å². The Morgan fingerprint density at radius 2 is 1.94 bits per heavy atom. The number of hydrogen-bond acceptors (Lipinski definition) is 4. The van der Waals surface area contributed by atoms with Crippen LogP contribution in [0.4, 0.5) is 0 Å². The molecule has 0 amide bonds.